The van der Waals surface area contributed by atoms with Crippen molar-refractivity contribution in [1.29, 1.82) is 0 Å². The molecule has 1 N–H and O–H groups in total. The first kappa shape index (κ1) is 16.7. The van der Waals surface area contributed by atoms with Crippen molar-refractivity contribution < 1.29 is 14.1 Å². The number of nitrogens with one attached hydrogen (secondary N) is 1. The van der Waals surface area contributed by atoms with Gasteiger partial charge in [-0.15, -0.1) is 11.3 Å². The summed E-state index contributed by atoms with van der Waals surface area (Å²) in [4.78, 5) is 30.2. The van der Waals surface area contributed by atoms with Gasteiger partial charge < -0.3 is 19.1 Å². The number of amides is 1. The van der Waals surface area contributed by atoms with Crippen LogP contribution >= 0.6 is 11.3 Å². The predicted octanol–water partition coefficient (Wildman–Crippen LogP) is 2.13. The summed E-state index contributed by atoms with van der Waals surface area (Å²) in [6, 6.07) is 3.16. The molecule has 134 valence electrons. The molecule has 0 aromatic carbocycles. The largest absolute Gasteiger partial charge is 0.376 e. The van der Waals surface area contributed by atoms with Gasteiger partial charge in [-0.1, -0.05) is 5.16 Å². The minimum Gasteiger partial charge on any atom is -0.376 e. The van der Waals surface area contributed by atoms with E-state index >= 15 is 0 Å². The average molecular weight is 372 g/mol. The molecule has 0 radical (unpaired) electrons. The fourth-order valence-corrected chi connectivity index (χ4v) is 4.06. The van der Waals surface area contributed by atoms with Gasteiger partial charge in [0.1, 0.15) is 10.6 Å². The fourth-order valence-electron chi connectivity index (χ4n) is 2.89. The number of nitrogens with zero attached hydrogens (tertiary/aromatic N) is 3. The number of ether oxygens (including phenoxy) is 1. The lowest BCUT2D eigenvalue weighted by molar-refractivity contribution is 0.102. The van der Waals surface area contributed by atoms with Gasteiger partial charge in [0.25, 0.3) is 17.4 Å². The zero-order valence-corrected chi connectivity index (χ0v) is 15.1. The number of carbonyl (C=O) groups excluding carboxylic acids is 1. The number of rotatable bonds is 3. The molecule has 1 aliphatic rings. The quantitative estimate of drug-likeness (QED) is 0.756. The number of pyridine rings is 1. The molecule has 0 saturated carbocycles. The van der Waals surface area contributed by atoms with Crippen molar-refractivity contribution in [2.24, 2.45) is 7.05 Å². The van der Waals surface area contributed by atoms with Gasteiger partial charge >= 0.3 is 0 Å². The predicted molar refractivity (Wildman–Crippen MR) is 95.3 cm³/mol. The second-order valence-corrected chi connectivity index (χ2v) is 7.05. The fraction of sp³-hybridized carbons (Fsp3) is 0.294. The van der Waals surface area contributed by atoms with Crippen molar-refractivity contribution in [3.63, 3.8) is 0 Å². The molecule has 4 heterocycles. The third kappa shape index (κ3) is 2.85. The zero-order valence-electron chi connectivity index (χ0n) is 14.2. The highest BCUT2D eigenvalue weighted by Crippen LogP contribution is 2.42. The molecule has 3 aromatic heterocycles. The maximum atomic E-state index is 12.7. The molecule has 8 nitrogen and oxygen atoms in total. The van der Waals surface area contributed by atoms with Crippen LogP contribution in [-0.2, 0) is 24.8 Å². The van der Waals surface area contributed by atoms with E-state index in [9.17, 15) is 9.59 Å². The van der Waals surface area contributed by atoms with E-state index in [1.54, 1.807) is 26.2 Å². The molecule has 0 spiro atoms. The minimum atomic E-state index is -0.469. The Bertz CT molecular complexity index is 1050. The van der Waals surface area contributed by atoms with Crippen LogP contribution in [0.5, 0.6) is 0 Å². The van der Waals surface area contributed by atoms with Crippen molar-refractivity contribution in [1.82, 2.24) is 14.7 Å². The zero-order chi connectivity index (χ0) is 18.3. The van der Waals surface area contributed by atoms with Crippen LogP contribution in [0.3, 0.4) is 0 Å². The lowest BCUT2D eigenvalue weighted by atomic mass is 10.1. The Kier molecular flexibility index (Phi) is 4.17. The maximum Gasteiger partial charge on any atom is 0.263 e. The van der Waals surface area contributed by atoms with Gasteiger partial charge in [0.15, 0.2) is 5.82 Å². The van der Waals surface area contributed by atoms with E-state index in [0.717, 1.165) is 16.0 Å². The van der Waals surface area contributed by atoms with Gasteiger partial charge in [0.2, 0.25) is 0 Å². The first-order valence-electron chi connectivity index (χ1n) is 8.04. The number of fused-ring (bicyclic) bond motifs is 1. The third-order valence-corrected chi connectivity index (χ3v) is 5.28. The normalized spacial score (nSPS) is 13.5. The van der Waals surface area contributed by atoms with Crippen LogP contribution in [0.1, 0.15) is 26.6 Å². The molecule has 26 heavy (non-hydrogen) atoms. The van der Waals surface area contributed by atoms with Gasteiger partial charge in [-0.05, 0) is 31.0 Å². The van der Waals surface area contributed by atoms with Gasteiger partial charge in [0.05, 0.1) is 18.8 Å². The number of hydrogen-bond donors (Lipinski definition) is 1. The summed E-state index contributed by atoms with van der Waals surface area (Å²) in [6.45, 7) is 2.81. The Labute approximate surface area is 152 Å². The second-order valence-electron chi connectivity index (χ2n) is 5.95. The summed E-state index contributed by atoms with van der Waals surface area (Å²) in [5.74, 6) is 0.405. The van der Waals surface area contributed by atoms with E-state index in [4.69, 9.17) is 9.26 Å². The smallest absolute Gasteiger partial charge is 0.263 e. The first-order valence-corrected chi connectivity index (χ1v) is 8.86. The Morgan fingerprint density at radius 1 is 1.42 bits per heavy atom. The molecule has 4 rings (SSSR count). The van der Waals surface area contributed by atoms with Gasteiger partial charge in [-0.25, -0.2) is 0 Å². The number of hydrogen-bond acceptors (Lipinski definition) is 7. The summed E-state index contributed by atoms with van der Waals surface area (Å²) in [5.41, 5.74) is 1.48. The highest BCUT2D eigenvalue weighted by Gasteiger charge is 2.27. The molecular formula is C17H16N4O4S. The molecule has 1 amide bonds. The van der Waals surface area contributed by atoms with Crippen molar-refractivity contribution >= 4 is 22.2 Å². The molecule has 0 aliphatic carbocycles. The molecule has 3 aromatic rings. The van der Waals surface area contributed by atoms with E-state index in [-0.39, 0.29) is 11.1 Å². The summed E-state index contributed by atoms with van der Waals surface area (Å²) < 4.78 is 12.2. The molecule has 0 bridgehead atoms. The van der Waals surface area contributed by atoms with E-state index < -0.39 is 5.91 Å². The monoisotopic (exact) mass is 372 g/mol. The molecule has 9 heteroatoms. The van der Waals surface area contributed by atoms with Gasteiger partial charge in [0, 0.05) is 18.1 Å². The highest BCUT2D eigenvalue weighted by molar-refractivity contribution is 7.17. The molecular weight excluding hydrogens is 356 g/mol. The van der Waals surface area contributed by atoms with Crippen LogP contribution < -0.4 is 10.9 Å². The summed E-state index contributed by atoms with van der Waals surface area (Å²) in [5, 5.41) is 7.27. The summed E-state index contributed by atoms with van der Waals surface area (Å²) in [6.07, 6.45) is 2.30. The highest BCUT2D eigenvalue weighted by atomic mass is 32.1. The Hall–Kier alpha value is -2.78. The number of carbonyl (C=O) groups is 1. The lowest BCUT2D eigenvalue weighted by Gasteiger charge is -2.12. The Balaban J connectivity index is 1.77. The van der Waals surface area contributed by atoms with Crippen molar-refractivity contribution in [3.05, 3.63) is 50.5 Å². The lowest BCUT2D eigenvalue weighted by Crippen LogP contribution is -2.26. The number of aryl methyl sites for hydroxylation is 2. The number of anilines is 1. The number of aromatic nitrogens is 3. The topological polar surface area (TPSA) is 99.2 Å². The van der Waals surface area contributed by atoms with Crippen molar-refractivity contribution in [2.45, 2.75) is 20.0 Å². The van der Waals surface area contributed by atoms with Crippen LogP contribution in [0.25, 0.3) is 11.5 Å². The number of thiophene rings is 1. The first-order chi connectivity index (χ1) is 12.5. The van der Waals surface area contributed by atoms with E-state index in [2.05, 4.69) is 15.5 Å². The van der Waals surface area contributed by atoms with Crippen molar-refractivity contribution in [3.8, 4) is 11.5 Å². The van der Waals surface area contributed by atoms with Gasteiger partial charge in [-0.2, -0.15) is 4.98 Å². The molecule has 0 unspecified atom stereocenters. The third-order valence-electron chi connectivity index (χ3n) is 4.16. The average Bonchev–Trinajstić information content (AvgIpc) is 3.19. The summed E-state index contributed by atoms with van der Waals surface area (Å²) >= 11 is 1.41. The van der Waals surface area contributed by atoms with E-state index in [1.165, 1.54) is 22.0 Å². The Morgan fingerprint density at radius 3 is 3.04 bits per heavy atom. The molecule has 0 atom stereocenters. The molecule has 0 fully saturated rings. The van der Waals surface area contributed by atoms with Crippen LogP contribution in [-0.4, -0.2) is 27.2 Å². The van der Waals surface area contributed by atoms with E-state index in [1.807, 2.05) is 0 Å². The van der Waals surface area contributed by atoms with Crippen LogP contribution in [0.4, 0.5) is 5.00 Å². The van der Waals surface area contributed by atoms with Gasteiger partial charge in [-0.3, -0.25) is 9.59 Å². The molecule has 1 aliphatic heterocycles. The SMILES string of the molecule is Cc1noc(-c2c(NC(=O)c3cccn(C)c3=O)sc3c2CCOC3)n1. The maximum absolute atomic E-state index is 12.7. The van der Waals surface area contributed by atoms with Crippen molar-refractivity contribution in [2.75, 3.05) is 11.9 Å². The second kappa shape index (κ2) is 6.50. The van der Waals surface area contributed by atoms with Crippen LogP contribution in [0.2, 0.25) is 0 Å². The minimum absolute atomic E-state index is 0.0743. The van der Waals surface area contributed by atoms with Crippen LogP contribution in [0, 0.1) is 6.92 Å². The van der Waals surface area contributed by atoms with E-state index in [0.29, 0.717) is 36.4 Å². The van der Waals surface area contributed by atoms with Crippen LogP contribution in [0.15, 0.2) is 27.6 Å². The standard InChI is InChI=1S/C17H16N4O4S/c1-9-18-15(25-20-9)13-10-5-7-24-8-12(10)26-16(13)19-14(22)11-4-3-6-21(2)17(11)23/h3-4,6H,5,7-8H2,1-2H3,(H,19,22). The summed E-state index contributed by atoms with van der Waals surface area (Å²) in [7, 11) is 1.60. The molecule has 0 saturated heterocycles. The Morgan fingerprint density at radius 2 is 2.27 bits per heavy atom.